The van der Waals surface area contributed by atoms with Gasteiger partial charge in [0.05, 0.1) is 5.41 Å². The molecule has 18 heavy (non-hydrogen) atoms. The van der Waals surface area contributed by atoms with Crippen LogP contribution < -0.4 is 11.1 Å². The monoisotopic (exact) mass is 252 g/mol. The molecule has 1 aromatic rings. The number of amides is 1. The largest absolute Gasteiger partial charge is 0.355 e. The van der Waals surface area contributed by atoms with Crippen LogP contribution in [0.5, 0.6) is 0 Å². The Kier molecular flexibility index (Phi) is 5.34. The number of carbonyl (C=O) groups is 1. The van der Waals surface area contributed by atoms with Crippen molar-refractivity contribution in [3.8, 4) is 0 Å². The fourth-order valence-electron chi connectivity index (χ4n) is 2.07. The van der Waals surface area contributed by atoms with Crippen LogP contribution >= 0.6 is 0 Å². The standard InChI is InChI=1S/C13H24N4O/c1-4-13(5-2,10-14)12(18)16-7-6-11-15-8-9-17(11)3/h8-9H,4-7,10,14H2,1-3H3,(H,16,18). The van der Waals surface area contributed by atoms with Gasteiger partial charge in [-0.1, -0.05) is 13.8 Å². The van der Waals surface area contributed by atoms with Crippen LogP contribution in [-0.4, -0.2) is 28.5 Å². The van der Waals surface area contributed by atoms with E-state index in [4.69, 9.17) is 5.73 Å². The SMILES string of the molecule is CCC(CC)(CN)C(=O)NCCc1nccn1C. The van der Waals surface area contributed by atoms with Crippen molar-refractivity contribution in [1.29, 1.82) is 0 Å². The number of rotatable bonds is 7. The number of hydrogen-bond acceptors (Lipinski definition) is 3. The molecule has 0 spiro atoms. The highest BCUT2D eigenvalue weighted by Gasteiger charge is 2.32. The van der Waals surface area contributed by atoms with Crippen molar-refractivity contribution in [3.63, 3.8) is 0 Å². The lowest BCUT2D eigenvalue weighted by molar-refractivity contribution is -0.131. The van der Waals surface area contributed by atoms with Crippen molar-refractivity contribution in [1.82, 2.24) is 14.9 Å². The van der Waals surface area contributed by atoms with Crippen molar-refractivity contribution in [2.45, 2.75) is 33.1 Å². The minimum absolute atomic E-state index is 0.0595. The van der Waals surface area contributed by atoms with Gasteiger partial charge in [-0.25, -0.2) is 4.98 Å². The van der Waals surface area contributed by atoms with E-state index in [-0.39, 0.29) is 5.91 Å². The van der Waals surface area contributed by atoms with E-state index < -0.39 is 5.41 Å². The molecule has 0 fully saturated rings. The van der Waals surface area contributed by atoms with E-state index in [1.807, 2.05) is 31.7 Å². The third kappa shape index (κ3) is 3.10. The first-order valence-corrected chi connectivity index (χ1v) is 6.54. The summed E-state index contributed by atoms with van der Waals surface area (Å²) >= 11 is 0. The average molecular weight is 252 g/mol. The van der Waals surface area contributed by atoms with E-state index >= 15 is 0 Å². The fourth-order valence-corrected chi connectivity index (χ4v) is 2.07. The first-order valence-electron chi connectivity index (χ1n) is 6.54. The van der Waals surface area contributed by atoms with Crippen molar-refractivity contribution in [2.75, 3.05) is 13.1 Å². The zero-order valence-corrected chi connectivity index (χ0v) is 11.6. The number of aromatic nitrogens is 2. The van der Waals surface area contributed by atoms with E-state index in [0.29, 0.717) is 13.1 Å². The second kappa shape index (κ2) is 6.54. The van der Waals surface area contributed by atoms with Gasteiger partial charge in [0, 0.05) is 39.0 Å². The average Bonchev–Trinajstić information content (AvgIpc) is 2.78. The summed E-state index contributed by atoms with van der Waals surface area (Å²) in [6, 6.07) is 0. The molecule has 0 unspecified atom stereocenters. The Morgan fingerprint density at radius 2 is 2.17 bits per heavy atom. The molecule has 102 valence electrons. The summed E-state index contributed by atoms with van der Waals surface area (Å²) in [6.07, 6.45) is 5.95. The van der Waals surface area contributed by atoms with Gasteiger partial charge in [0.2, 0.25) is 5.91 Å². The second-order valence-corrected chi connectivity index (χ2v) is 4.65. The van der Waals surface area contributed by atoms with Crippen LogP contribution in [0.25, 0.3) is 0 Å². The third-order valence-corrected chi connectivity index (χ3v) is 3.78. The van der Waals surface area contributed by atoms with Gasteiger partial charge in [0.1, 0.15) is 5.82 Å². The summed E-state index contributed by atoms with van der Waals surface area (Å²) in [5, 5.41) is 2.97. The van der Waals surface area contributed by atoms with E-state index in [1.54, 1.807) is 6.20 Å². The molecule has 1 amide bonds. The van der Waals surface area contributed by atoms with Gasteiger partial charge in [0.15, 0.2) is 0 Å². The van der Waals surface area contributed by atoms with Gasteiger partial charge in [-0.15, -0.1) is 0 Å². The number of carbonyl (C=O) groups excluding carboxylic acids is 1. The first-order chi connectivity index (χ1) is 8.59. The normalized spacial score (nSPS) is 11.6. The van der Waals surface area contributed by atoms with Gasteiger partial charge in [-0.2, -0.15) is 0 Å². The number of nitrogens with two attached hydrogens (primary N) is 1. The number of nitrogens with zero attached hydrogens (tertiary/aromatic N) is 2. The molecule has 0 radical (unpaired) electrons. The molecule has 0 aromatic carbocycles. The maximum absolute atomic E-state index is 12.2. The van der Waals surface area contributed by atoms with Crippen LogP contribution in [0, 0.1) is 5.41 Å². The van der Waals surface area contributed by atoms with E-state index in [1.165, 1.54) is 0 Å². The highest BCUT2D eigenvalue weighted by atomic mass is 16.2. The summed E-state index contributed by atoms with van der Waals surface area (Å²) < 4.78 is 1.96. The van der Waals surface area contributed by atoms with Crippen molar-refractivity contribution < 1.29 is 4.79 Å². The summed E-state index contributed by atoms with van der Waals surface area (Å²) in [6.45, 7) is 5.02. The molecule has 0 aliphatic rings. The van der Waals surface area contributed by atoms with Crippen LogP contribution in [0.1, 0.15) is 32.5 Å². The zero-order chi connectivity index (χ0) is 13.6. The Morgan fingerprint density at radius 3 is 2.61 bits per heavy atom. The van der Waals surface area contributed by atoms with Gasteiger partial charge < -0.3 is 15.6 Å². The van der Waals surface area contributed by atoms with Crippen LogP contribution in [0.15, 0.2) is 12.4 Å². The Balaban J connectivity index is 2.48. The van der Waals surface area contributed by atoms with Gasteiger partial charge >= 0.3 is 0 Å². The van der Waals surface area contributed by atoms with Gasteiger partial charge in [0.25, 0.3) is 0 Å². The second-order valence-electron chi connectivity index (χ2n) is 4.65. The van der Waals surface area contributed by atoms with Crippen molar-refractivity contribution in [3.05, 3.63) is 18.2 Å². The van der Waals surface area contributed by atoms with Crippen LogP contribution in [-0.2, 0) is 18.3 Å². The molecule has 0 aliphatic carbocycles. The van der Waals surface area contributed by atoms with Gasteiger partial charge in [-0.3, -0.25) is 4.79 Å². The Hall–Kier alpha value is -1.36. The predicted molar refractivity (Wildman–Crippen MR) is 72.0 cm³/mol. The first kappa shape index (κ1) is 14.7. The quantitative estimate of drug-likeness (QED) is 0.755. The molecule has 1 heterocycles. The molecular weight excluding hydrogens is 228 g/mol. The summed E-state index contributed by atoms with van der Waals surface area (Å²) in [4.78, 5) is 16.4. The number of nitrogens with one attached hydrogen (secondary N) is 1. The Morgan fingerprint density at radius 1 is 1.50 bits per heavy atom. The minimum atomic E-state index is -0.415. The lowest BCUT2D eigenvalue weighted by Crippen LogP contribution is -2.45. The van der Waals surface area contributed by atoms with Gasteiger partial charge in [-0.05, 0) is 12.8 Å². The zero-order valence-electron chi connectivity index (χ0n) is 11.6. The smallest absolute Gasteiger partial charge is 0.227 e. The molecule has 3 N–H and O–H groups in total. The maximum Gasteiger partial charge on any atom is 0.227 e. The lowest BCUT2D eigenvalue weighted by Gasteiger charge is -2.28. The molecule has 0 bridgehead atoms. The number of hydrogen-bond donors (Lipinski definition) is 2. The molecular formula is C13H24N4O. The van der Waals surface area contributed by atoms with E-state index in [9.17, 15) is 4.79 Å². The van der Waals surface area contributed by atoms with Crippen LogP contribution in [0.3, 0.4) is 0 Å². The Labute approximate surface area is 109 Å². The molecule has 0 saturated carbocycles. The lowest BCUT2D eigenvalue weighted by atomic mass is 9.81. The van der Waals surface area contributed by atoms with Crippen LogP contribution in [0.2, 0.25) is 0 Å². The molecule has 0 atom stereocenters. The summed E-state index contributed by atoms with van der Waals surface area (Å²) in [5.41, 5.74) is 5.33. The highest BCUT2D eigenvalue weighted by Crippen LogP contribution is 2.24. The maximum atomic E-state index is 12.2. The summed E-state index contributed by atoms with van der Waals surface area (Å²) in [5.74, 6) is 1.03. The third-order valence-electron chi connectivity index (χ3n) is 3.78. The molecule has 5 heteroatoms. The minimum Gasteiger partial charge on any atom is -0.355 e. The molecule has 0 saturated heterocycles. The highest BCUT2D eigenvalue weighted by molar-refractivity contribution is 5.82. The predicted octanol–water partition coefficient (Wildman–Crippen LogP) is 0.844. The van der Waals surface area contributed by atoms with Crippen molar-refractivity contribution >= 4 is 5.91 Å². The molecule has 5 nitrogen and oxygen atoms in total. The molecule has 1 rings (SSSR count). The number of aryl methyl sites for hydroxylation is 1. The molecule has 0 aliphatic heterocycles. The van der Waals surface area contributed by atoms with Crippen molar-refractivity contribution in [2.24, 2.45) is 18.2 Å². The Bertz CT molecular complexity index is 374. The fraction of sp³-hybridized carbons (Fsp3) is 0.692. The molecule has 1 aromatic heterocycles. The topological polar surface area (TPSA) is 72.9 Å². The number of imidazole rings is 1. The van der Waals surface area contributed by atoms with E-state index in [0.717, 1.165) is 25.1 Å². The van der Waals surface area contributed by atoms with E-state index in [2.05, 4.69) is 10.3 Å². The summed E-state index contributed by atoms with van der Waals surface area (Å²) in [7, 11) is 1.95. The van der Waals surface area contributed by atoms with Crippen LogP contribution in [0.4, 0.5) is 0 Å².